The predicted octanol–water partition coefficient (Wildman–Crippen LogP) is 5.37. The van der Waals surface area contributed by atoms with Gasteiger partial charge in [0.05, 0.1) is 33.4 Å². The highest BCUT2D eigenvalue weighted by Gasteiger charge is 2.48. The molecule has 1 aliphatic rings. The minimum Gasteiger partial charge on any atom is -0.507 e. The molecule has 1 aliphatic heterocycles. The van der Waals surface area contributed by atoms with Crippen LogP contribution in [0, 0.1) is 15.9 Å². The lowest BCUT2D eigenvalue weighted by molar-refractivity contribution is -0.384. The normalized spacial score (nSPS) is 16.9. The molecule has 11 heteroatoms. The monoisotopic (exact) mass is 519 g/mol. The fourth-order valence-electron chi connectivity index (χ4n) is 4.17. The Kier molecular flexibility index (Phi) is 6.14. The number of thiazole rings is 1. The molecule has 0 aliphatic carbocycles. The summed E-state index contributed by atoms with van der Waals surface area (Å²) < 4.78 is 19.7. The van der Waals surface area contributed by atoms with E-state index in [0.717, 1.165) is 16.2 Å². The summed E-state index contributed by atoms with van der Waals surface area (Å²) in [6, 6.07) is 14.5. The van der Waals surface area contributed by atoms with Crippen LogP contribution < -0.4 is 9.64 Å². The number of carbonyl (C=O) groups is 2. The Morgan fingerprint density at radius 1 is 1.16 bits per heavy atom. The second-order valence-corrected chi connectivity index (χ2v) is 9.10. The van der Waals surface area contributed by atoms with Gasteiger partial charge in [0.25, 0.3) is 11.5 Å². The number of nitrogens with zero attached hydrogens (tertiary/aromatic N) is 3. The van der Waals surface area contributed by atoms with Gasteiger partial charge in [-0.3, -0.25) is 24.6 Å². The first-order valence-electron chi connectivity index (χ1n) is 11.1. The van der Waals surface area contributed by atoms with Crippen LogP contribution in [0.4, 0.5) is 15.2 Å². The standard InChI is InChI=1S/C26H18FN3O6S/c1-2-36-18-9-6-14(7-10-18)23(31)21-22(15-4-3-5-17(12-15)30(34)35)29(25(33)24(21)32)26-28-19-11-8-16(27)13-20(19)37-26/h3-13,22,31H,2H2,1H3. The number of aromatic nitrogens is 1. The number of nitro groups is 1. The molecule has 1 unspecified atom stereocenters. The summed E-state index contributed by atoms with van der Waals surface area (Å²) in [6.45, 7) is 2.26. The second kappa shape index (κ2) is 9.43. The number of fused-ring (bicyclic) bond motifs is 1. The van der Waals surface area contributed by atoms with Gasteiger partial charge in [-0.15, -0.1) is 0 Å². The maximum atomic E-state index is 13.8. The van der Waals surface area contributed by atoms with Crippen molar-refractivity contribution in [3.05, 3.63) is 99.4 Å². The number of halogens is 1. The molecule has 0 bridgehead atoms. The van der Waals surface area contributed by atoms with E-state index in [9.17, 15) is 29.2 Å². The number of carbonyl (C=O) groups excluding carboxylic acids is 2. The average Bonchev–Trinajstić information content (AvgIpc) is 3.42. The van der Waals surface area contributed by atoms with Crippen LogP contribution in [0.2, 0.25) is 0 Å². The summed E-state index contributed by atoms with van der Waals surface area (Å²) in [5.41, 5.74) is 0.387. The van der Waals surface area contributed by atoms with Gasteiger partial charge in [-0.1, -0.05) is 23.5 Å². The van der Waals surface area contributed by atoms with Crippen molar-refractivity contribution < 1.29 is 28.7 Å². The third kappa shape index (κ3) is 4.29. The number of Topliss-reactive ketones (excluding diaryl/α,β-unsaturated/α-hetero) is 1. The van der Waals surface area contributed by atoms with Crippen LogP contribution in [0.25, 0.3) is 16.0 Å². The summed E-state index contributed by atoms with van der Waals surface area (Å²) in [5, 5.41) is 22.8. The highest BCUT2D eigenvalue weighted by Crippen LogP contribution is 2.45. The lowest BCUT2D eigenvalue weighted by atomic mass is 9.95. The predicted molar refractivity (Wildman–Crippen MR) is 135 cm³/mol. The zero-order valence-electron chi connectivity index (χ0n) is 19.3. The van der Waals surface area contributed by atoms with Crippen LogP contribution >= 0.6 is 11.3 Å². The number of ether oxygens (including phenoxy) is 1. The number of rotatable bonds is 6. The molecule has 9 nitrogen and oxygen atoms in total. The number of aliphatic hydroxyl groups excluding tert-OH is 1. The molecular weight excluding hydrogens is 501 g/mol. The number of nitro benzene ring substituents is 1. The zero-order valence-corrected chi connectivity index (χ0v) is 20.1. The van der Waals surface area contributed by atoms with E-state index in [1.807, 2.05) is 6.92 Å². The van der Waals surface area contributed by atoms with Gasteiger partial charge in [-0.2, -0.15) is 0 Å². The Morgan fingerprint density at radius 3 is 2.62 bits per heavy atom. The number of benzene rings is 3. The Balaban J connectivity index is 1.71. The lowest BCUT2D eigenvalue weighted by Gasteiger charge is -2.22. The van der Waals surface area contributed by atoms with Gasteiger partial charge in [0.15, 0.2) is 5.13 Å². The topological polar surface area (TPSA) is 123 Å². The number of ketones is 1. The van der Waals surface area contributed by atoms with Crippen molar-refractivity contribution >= 4 is 49.8 Å². The van der Waals surface area contributed by atoms with E-state index in [2.05, 4.69) is 4.98 Å². The Bertz CT molecular complexity index is 1600. The SMILES string of the molecule is CCOc1ccc(C(O)=C2C(=O)C(=O)N(c3nc4ccc(F)cc4s3)C2c2cccc([N+](=O)[O-])c2)cc1. The summed E-state index contributed by atoms with van der Waals surface area (Å²) in [6.07, 6.45) is 0. The van der Waals surface area contributed by atoms with E-state index in [4.69, 9.17) is 4.74 Å². The molecule has 1 atom stereocenters. The minimum absolute atomic E-state index is 0.0879. The molecule has 5 rings (SSSR count). The smallest absolute Gasteiger partial charge is 0.301 e. The Hall–Kier alpha value is -4.64. The van der Waals surface area contributed by atoms with E-state index in [1.54, 1.807) is 24.3 Å². The first kappa shape index (κ1) is 24.1. The van der Waals surface area contributed by atoms with Crippen molar-refractivity contribution in [3.63, 3.8) is 0 Å². The fourth-order valence-corrected chi connectivity index (χ4v) is 5.19. The molecular formula is C26H18FN3O6S. The summed E-state index contributed by atoms with van der Waals surface area (Å²) in [7, 11) is 0. The van der Waals surface area contributed by atoms with Crippen molar-refractivity contribution in [2.75, 3.05) is 11.5 Å². The second-order valence-electron chi connectivity index (χ2n) is 8.09. The quantitative estimate of drug-likeness (QED) is 0.119. The summed E-state index contributed by atoms with van der Waals surface area (Å²) >= 11 is 0.988. The number of hydrogen-bond acceptors (Lipinski definition) is 8. The van der Waals surface area contributed by atoms with E-state index in [1.165, 1.54) is 42.5 Å². The zero-order chi connectivity index (χ0) is 26.3. The average molecular weight is 520 g/mol. The van der Waals surface area contributed by atoms with Crippen LogP contribution in [-0.2, 0) is 9.59 Å². The molecule has 4 aromatic rings. The van der Waals surface area contributed by atoms with Crippen molar-refractivity contribution in [2.45, 2.75) is 13.0 Å². The minimum atomic E-state index is -1.21. The van der Waals surface area contributed by atoms with Crippen LogP contribution in [0.15, 0.2) is 72.3 Å². The molecule has 1 aromatic heterocycles. The third-order valence-electron chi connectivity index (χ3n) is 5.83. The molecule has 37 heavy (non-hydrogen) atoms. The molecule has 1 amide bonds. The molecule has 1 fully saturated rings. The molecule has 186 valence electrons. The van der Waals surface area contributed by atoms with Gasteiger partial charge in [0.2, 0.25) is 0 Å². The Morgan fingerprint density at radius 2 is 1.92 bits per heavy atom. The van der Waals surface area contributed by atoms with Crippen molar-refractivity contribution in [1.29, 1.82) is 0 Å². The molecule has 1 N–H and O–H groups in total. The van der Waals surface area contributed by atoms with Gasteiger partial charge >= 0.3 is 5.91 Å². The number of amides is 1. The van der Waals surface area contributed by atoms with Gasteiger partial charge in [-0.25, -0.2) is 9.37 Å². The summed E-state index contributed by atoms with van der Waals surface area (Å²) in [4.78, 5) is 43.0. The van der Waals surface area contributed by atoms with E-state index in [0.29, 0.717) is 22.6 Å². The number of non-ortho nitro benzene ring substituents is 1. The van der Waals surface area contributed by atoms with Crippen LogP contribution in [0.1, 0.15) is 24.1 Å². The molecule has 2 heterocycles. The highest BCUT2D eigenvalue weighted by molar-refractivity contribution is 7.22. The molecule has 1 saturated heterocycles. The van der Waals surface area contributed by atoms with Crippen LogP contribution in [0.3, 0.4) is 0 Å². The van der Waals surface area contributed by atoms with Crippen LogP contribution in [0.5, 0.6) is 5.75 Å². The van der Waals surface area contributed by atoms with Gasteiger partial charge in [0, 0.05) is 17.7 Å². The van der Waals surface area contributed by atoms with E-state index < -0.39 is 34.2 Å². The van der Waals surface area contributed by atoms with Crippen LogP contribution in [-0.4, -0.2) is 33.3 Å². The first-order chi connectivity index (χ1) is 17.8. The highest BCUT2D eigenvalue weighted by atomic mass is 32.1. The maximum Gasteiger partial charge on any atom is 0.301 e. The van der Waals surface area contributed by atoms with Gasteiger partial charge < -0.3 is 9.84 Å². The number of anilines is 1. The number of aliphatic hydroxyl groups is 1. The van der Waals surface area contributed by atoms with E-state index in [-0.39, 0.29) is 27.5 Å². The fraction of sp³-hybridized carbons (Fsp3) is 0.115. The third-order valence-corrected chi connectivity index (χ3v) is 6.84. The van der Waals surface area contributed by atoms with E-state index >= 15 is 0 Å². The maximum absolute atomic E-state index is 13.8. The molecule has 0 radical (unpaired) electrons. The van der Waals surface area contributed by atoms with Crippen molar-refractivity contribution in [3.8, 4) is 5.75 Å². The lowest BCUT2D eigenvalue weighted by Crippen LogP contribution is -2.29. The summed E-state index contributed by atoms with van der Waals surface area (Å²) in [5.74, 6) is -2.34. The first-order valence-corrected chi connectivity index (χ1v) is 11.9. The van der Waals surface area contributed by atoms with Gasteiger partial charge in [-0.05, 0) is 55.0 Å². The molecule has 0 spiro atoms. The molecule has 3 aromatic carbocycles. The van der Waals surface area contributed by atoms with Crippen molar-refractivity contribution in [2.24, 2.45) is 0 Å². The number of hydrogen-bond donors (Lipinski definition) is 1. The largest absolute Gasteiger partial charge is 0.507 e. The molecule has 0 saturated carbocycles. The van der Waals surface area contributed by atoms with Crippen molar-refractivity contribution in [1.82, 2.24) is 4.98 Å². The van der Waals surface area contributed by atoms with Gasteiger partial charge in [0.1, 0.15) is 17.3 Å². The Labute approximate surface area is 213 Å².